The largest absolute Gasteiger partial charge is 0.388 e. The van der Waals surface area contributed by atoms with Crippen molar-refractivity contribution < 1.29 is 13.9 Å². The van der Waals surface area contributed by atoms with E-state index in [0.29, 0.717) is 0 Å². The first-order chi connectivity index (χ1) is 9.38. The number of aliphatic hydroxyl groups is 1. The molecule has 1 nitrogen and oxygen atoms in total. The molecule has 20 heavy (non-hydrogen) atoms. The highest BCUT2D eigenvalue weighted by Gasteiger charge is 2.17. The number of aryl methyl sites for hydroxylation is 2. The predicted molar refractivity (Wildman–Crippen MR) is 75.9 cm³/mol. The van der Waals surface area contributed by atoms with Crippen LogP contribution in [0.5, 0.6) is 0 Å². The molecule has 0 aliphatic carbocycles. The van der Waals surface area contributed by atoms with Gasteiger partial charge in [-0.05, 0) is 37.1 Å². The number of halogens is 3. The molecule has 1 atom stereocenters. The third kappa shape index (κ3) is 3.17. The lowest BCUT2D eigenvalue weighted by Gasteiger charge is -2.15. The van der Waals surface area contributed by atoms with Crippen LogP contribution in [0.15, 0.2) is 30.3 Å². The van der Waals surface area contributed by atoms with Crippen LogP contribution in [0.4, 0.5) is 8.78 Å². The van der Waals surface area contributed by atoms with Gasteiger partial charge in [0.1, 0.15) is 11.6 Å². The Morgan fingerprint density at radius 1 is 1.10 bits per heavy atom. The molecule has 2 rings (SSSR count). The van der Waals surface area contributed by atoms with Crippen molar-refractivity contribution in [2.45, 2.75) is 26.4 Å². The fourth-order valence-corrected chi connectivity index (χ4v) is 2.28. The second-order valence-corrected chi connectivity index (χ2v) is 5.34. The highest BCUT2D eigenvalue weighted by molar-refractivity contribution is 6.30. The fourth-order valence-electron chi connectivity index (χ4n) is 2.13. The molecular weight excluding hydrogens is 282 g/mol. The quantitative estimate of drug-likeness (QED) is 0.826. The molecule has 0 saturated heterocycles. The standard InChI is InChI=1S/C16H15ClF2O/c1-9-3-4-10(2)11(5-9)6-16(20)12-7-15(19)13(17)8-14(12)18/h3-5,7-8,16,20H,6H2,1-2H3. The van der Waals surface area contributed by atoms with Gasteiger partial charge < -0.3 is 5.11 Å². The van der Waals surface area contributed by atoms with Crippen molar-refractivity contribution in [2.24, 2.45) is 0 Å². The molecule has 0 aliphatic heterocycles. The molecule has 2 aromatic rings. The minimum absolute atomic E-state index is 0.0761. The first-order valence-electron chi connectivity index (χ1n) is 6.27. The zero-order valence-electron chi connectivity index (χ0n) is 11.3. The Labute approximate surface area is 121 Å². The summed E-state index contributed by atoms with van der Waals surface area (Å²) < 4.78 is 27.1. The Hall–Kier alpha value is -1.45. The van der Waals surface area contributed by atoms with Crippen LogP contribution in [0, 0.1) is 25.5 Å². The van der Waals surface area contributed by atoms with Gasteiger partial charge >= 0.3 is 0 Å². The van der Waals surface area contributed by atoms with Crippen molar-refractivity contribution >= 4 is 11.6 Å². The van der Waals surface area contributed by atoms with Gasteiger partial charge in [0, 0.05) is 12.0 Å². The van der Waals surface area contributed by atoms with Gasteiger partial charge in [0.25, 0.3) is 0 Å². The van der Waals surface area contributed by atoms with E-state index in [4.69, 9.17) is 11.6 Å². The third-order valence-electron chi connectivity index (χ3n) is 3.32. The molecule has 0 heterocycles. The molecule has 0 spiro atoms. The summed E-state index contributed by atoms with van der Waals surface area (Å²) in [6, 6.07) is 7.68. The highest BCUT2D eigenvalue weighted by atomic mass is 35.5. The van der Waals surface area contributed by atoms with E-state index in [1.807, 2.05) is 32.0 Å². The summed E-state index contributed by atoms with van der Waals surface area (Å²) in [5.74, 6) is -1.43. The van der Waals surface area contributed by atoms with Crippen molar-refractivity contribution in [1.82, 2.24) is 0 Å². The van der Waals surface area contributed by atoms with Crippen molar-refractivity contribution in [1.29, 1.82) is 0 Å². The first kappa shape index (κ1) is 14.9. The molecule has 0 saturated carbocycles. The van der Waals surface area contributed by atoms with Crippen molar-refractivity contribution in [3.63, 3.8) is 0 Å². The Morgan fingerprint density at radius 2 is 1.80 bits per heavy atom. The summed E-state index contributed by atoms with van der Waals surface area (Å²) in [6.45, 7) is 3.86. The van der Waals surface area contributed by atoms with Crippen LogP contribution in [0.1, 0.15) is 28.4 Å². The number of hydrogen-bond acceptors (Lipinski definition) is 1. The molecule has 0 aliphatic rings. The SMILES string of the molecule is Cc1ccc(C)c(CC(O)c2cc(F)c(Cl)cc2F)c1. The lowest BCUT2D eigenvalue weighted by molar-refractivity contribution is 0.173. The van der Waals surface area contributed by atoms with Gasteiger partial charge in [-0.3, -0.25) is 0 Å². The molecule has 0 aromatic heterocycles. The van der Waals surface area contributed by atoms with Gasteiger partial charge in [0.05, 0.1) is 11.1 Å². The van der Waals surface area contributed by atoms with E-state index in [1.54, 1.807) is 0 Å². The average Bonchev–Trinajstić information content (AvgIpc) is 2.38. The molecule has 0 bridgehead atoms. The van der Waals surface area contributed by atoms with E-state index in [9.17, 15) is 13.9 Å². The lowest BCUT2D eigenvalue weighted by Crippen LogP contribution is -2.06. The molecule has 1 unspecified atom stereocenters. The lowest BCUT2D eigenvalue weighted by atomic mass is 9.96. The summed E-state index contributed by atoms with van der Waals surface area (Å²) >= 11 is 5.50. The van der Waals surface area contributed by atoms with Crippen LogP contribution in [-0.4, -0.2) is 5.11 Å². The Morgan fingerprint density at radius 3 is 2.50 bits per heavy atom. The summed E-state index contributed by atoms with van der Waals surface area (Å²) in [4.78, 5) is 0. The summed E-state index contributed by atoms with van der Waals surface area (Å²) in [5.41, 5.74) is 2.89. The molecule has 0 amide bonds. The van der Waals surface area contributed by atoms with E-state index >= 15 is 0 Å². The topological polar surface area (TPSA) is 20.2 Å². The van der Waals surface area contributed by atoms with Gasteiger partial charge in [0.2, 0.25) is 0 Å². The molecule has 106 valence electrons. The van der Waals surface area contributed by atoms with Crippen molar-refractivity contribution in [3.8, 4) is 0 Å². The Balaban J connectivity index is 2.30. The minimum Gasteiger partial charge on any atom is -0.388 e. The second-order valence-electron chi connectivity index (χ2n) is 4.94. The average molecular weight is 297 g/mol. The molecule has 2 aromatic carbocycles. The van der Waals surface area contributed by atoms with Crippen molar-refractivity contribution in [3.05, 3.63) is 69.2 Å². The van der Waals surface area contributed by atoms with E-state index in [-0.39, 0.29) is 17.0 Å². The van der Waals surface area contributed by atoms with E-state index < -0.39 is 17.7 Å². The molecule has 4 heteroatoms. The summed E-state index contributed by atoms with van der Waals surface area (Å²) in [6.07, 6.45) is -0.881. The van der Waals surface area contributed by atoms with Crippen molar-refractivity contribution in [2.75, 3.05) is 0 Å². The first-order valence-corrected chi connectivity index (χ1v) is 6.65. The molecular formula is C16H15ClF2O. The zero-order valence-corrected chi connectivity index (χ0v) is 12.0. The van der Waals surface area contributed by atoms with Gasteiger partial charge in [-0.25, -0.2) is 8.78 Å². The van der Waals surface area contributed by atoms with E-state index in [1.165, 1.54) is 0 Å². The van der Waals surface area contributed by atoms with Crippen LogP contribution in [0.25, 0.3) is 0 Å². The minimum atomic E-state index is -1.11. The molecule has 0 radical (unpaired) electrons. The van der Waals surface area contributed by atoms with Crippen LogP contribution < -0.4 is 0 Å². The van der Waals surface area contributed by atoms with Crippen LogP contribution in [-0.2, 0) is 6.42 Å². The Kier molecular flexibility index (Phi) is 4.41. The smallest absolute Gasteiger partial charge is 0.142 e. The summed E-state index contributed by atoms with van der Waals surface area (Å²) in [5, 5.41) is 9.85. The second kappa shape index (κ2) is 5.90. The number of rotatable bonds is 3. The zero-order chi connectivity index (χ0) is 14.9. The maximum Gasteiger partial charge on any atom is 0.142 e. The fraction of sp³-hybridized carbons (Fsp3) is 0.250. The predicted octanol–water partition coefficient (Wildman–Crippen LogP) is 4.51. The van der Waals surface area contributed by atoms with E-state index in [2.05, 4.69) is 0 Å². The van der Waals surface area contributed by atoms with Crippen LogP contribution >= 0.6 is 11.6 Å². The third-order valence-corrected chi connectivity index (χ3v) is 3.61. The maximum atomic E-state index is 13.8. The number of hydrogen-bond donors (Lipinski definition) is 1. The molecule has 1 N–H and O–H groups in total. The normalized spacial score (nSPS) is 12.5. The van der Waals surface area contributed by atoms with Crippen LogP contribution in [0.2, 0.25) is 5.02 Å². The number of aliphatic hydroxyl groups excluding tert-OH is 1. The van der Waals surface area contributed by atoms with Gasteiger partial charge in [-0.1, -0.05) is 35.4 Å². The van der Waals surface area contributed by atoms with Crippen LogP contribution in [0.3, 0.4) is 0 Å². The Bertz CT molecular complexity index is 641. The summed E-state index contributed by atoms with van der Waals surface area (Å²) in [7, 11) is 0. The van der Waals surface area contributed by atoms with Gasteiger partial charge in [-0.15, -0.1) is 0 Å². The maximum absolute atomic E-state index is 13.8. The monoisotopic (exact) mass is 296 g/mol. The highest BCUT2D eigenvalue weighted by Crippen LogP contribution is 2.27. The number of benzene rings is 2. The van der Waals surface area contributed by atoms with Gasteiger partial charge in [0.15, 0.2) is 0 Å². The molecule has 0 fully saturated rings. The van der Waals surface area contributed by atoms with Gasteiger partial charge in [-0.2, -0.15) is 0 Å². The van der Waals surface area contributed by atoms with E-state index in [0.717, 1.165) is 28.8 Å².